The van der Waals surface area contributed by atoms with Gasteiger partial charge in [0, 0.05) is 23.8 Å². The van der Waals surface area contributed by atoms with Crippen molar-refractivity contribution in [1.82, 2.24) is 15.2 Å². The molecule has 21 heavy (non-hydrogen) atoms. The Morgan fingerprint density at radius 3 is 2.90 bits per heavy atom. The lowest BCUT2D eigenvalue weighted by Crippen LogP contribution is -2.38. The zero-order chi connectivity index (χ0) is 14.7. The van der Waals surface area contributed by atoms with E-state index in [1.807, 2.05) is 30.5 Å². The molecule has 1 saturated heterocycles. The highest BCUT2D eigenvalue weighted by Gasteiger charge is 2.18. The van der Waals surface area contributed by atoms with Gasteiger partial charge in [0.05, 0.1) is 0 Å². The zero-order valence-corrected chi connectivity index (χ0v) is 12.6. The fraction of sp³-hybridized carbons (Fsp3) is 0.471. The first-order valence-electron chi connectivity index (χ1n) is 7.84. The highest BCUT2D eigenvalue weighted by Crippen LogP contribution is 2.17. The molecule has 0 unspecified atom stereocenters. The van der Waals surface area contributed by atoms with E-state index >= 15 is 0 Å². The minimum Gasteiger partial charge on any atom is -0.361 e. The molecule has 0 saturated carbocycles. The van der Waals surface area contributed by atoms with Crippen LogP contribution in [0.25, 0.3) is 10.9 Å². The molecule has 0 aliphatic carbocycles. The standard InChI is InChI=1S/C17H23N3O/c1-2-20-9-6-13(7-10-20)12-19-17(21)15-4-3-14-5-8-18-16(14)11-15/h3-5,8,11,13,18H,2,6-7,9-10,12H2,1H3,(H,19,21). The van der Waals surface area contributed by atoms with Gasteiger partial charge in [-0.1, -0.05) is 13.0 Å². The smallest absolute Gasteiger partial charge is 0.251 e. The molecular formula is C17H23N3O. The maximum Gasteiger partial charge on any atom is 0.251 e. The van der Waals surface area contributed by atoms with Crippen LogP contribution in [-0.4, -0.2) is 42.0 Å². The van der Waals surface area contributed by atoms with E-state index in [1.54, 1.807) is 0 Å². The van der Waals surface area contributed by atoms with Crippen LogP contribution in [0.2, 0.25) is 0 Å². The highest BCUT2D eigenvalue weighted by molar-refractivity contribution is 5.97. The van der Waals surface area contributed by atoms with Crippen molar-refractivity contribution in [3.8, 4) is 0 Å². The van der Waals surface area contributed by atoms with Crippen molar-refractivity contribution in [2.45, 2.75) is 19.8 Å². The number of piperidine rings is 1. The van der Waals surface area contributed by atoms with Crippen molar-refractivity contribution in [3.05, 3.63) is 36.0 Å². The topological polar surface area (TPSA) is 48.1 Å². The van der Waals surface area contributed by atoms with Crippen LogP contribution in [0.3, 0.4) is 0 Å². The predicted molar refractivity (Wildman–Crippen MR) is 85.5 cm³/mol. The van der Waals surface area contributed by atoms with Gasteiger partial charge in [-0.3, -0.25) is 4.79 Å². The maximum atomic E-state index is 12.2. The Balaban J connectivity index is 1.54. The fourth-order valence-electron chi connectivity index (χ4n) is 3.03. The molecule has 1 fully saturated rings. The molecule has 3 rings (SSSR count). The van der Waals surface area contributed by atoms with Crippen LogP contribution in [0.15, 0.2) is 30.5 Å². The Morgan fingerprint density at radius 2 is 2.14 bits per heavy atom. The number of carbonyl (C=O) groups is 1. The molecule has 1 amide bonds. The van der Waals surface area contributed by atoms with Crippen LogP contribution in [0.1, 0.15) is 30.1 Å². The molecular weight excluding hydrogens is 262 g/mol. The van der Waals surface area contributed by atoms with E-state index in [-0.39, 0.29) is 5.91 Å². The lowest BCUT2D eigenvalue weighted by molar-refractivity contribution is 0.0937. The van der Waals surface area contributed by atoms with Gasteiger partial charge >= 0.3 is 0 Å². The summed E-state index contributed by atoms with van der Waals surface area (Å²) in [6, 6.07) is 7.81. The number of aromatic amines is 1. The molecule has 112 valence electrons. The van der Waals surface area contributed by atoms with Crippen molar-refractivity contribution in [1.29, 1.82) is 0 Å². The SMILES string of the molecule is CCN1CCC(CNC(=O)c2ccc3cc[nH]c3c2)CC1. The molecule has 0 radical (unpaired) electrons. The number of benzene rings is 1. The zero-order valence-electron chi connectivity index (χ0n) is 12.6. The number of likely N-dealkylation sites (tertiary alicyclic amines) is 1. The van der Waals surface area contributed by atoms with E-state index in [4.69, 9.17) is 0 Å². The van der Waals surface area contributed by atoms with Crippen LogP contribution in [0.4, 0.5) is 0 Å². The molecule has 1 aliphatic heterocycles. The average Bonchev–Trinajstić information content (AvgIpc) is 3.00. The summed E-state index contributed by atoms with van der Waals surface area (Å²) in [6.45, 7) is 6.45. The number of amides is 1. The van der Waals surface area contributed by atoms with Crippen molar-refractivity contribution in [2.75, 3.05) is 26.2 Å². The second-order valence-electron chi connectivity index (χ2n) is 5.87. The number of carbonyl (C=O) groups excluding carboxylic acids is 1. The highest BCUT2D eigenvalue weighted by atomic mass is 16.1. The monoisotopic (exact) mass is 285 g/mol. The van der Waals surface area contributed by atoms with Gasteiger partial charge < -0.3 is 15.2 Å². The summed E-state index contributed by atoms with van der Waals surface area (Å²) in [6.07, 6.45) is 4.27. The number of hydrogen-bond donors (Lipinski definition) is 2. The van der Waals surface area contributed by atoms with Gasteiger partial charge in [-0.25, -0.2) is 0 Å². The third kappa shape index (κ3) is 3.27. The molecule has 1 aliphatic rings. The molecule has 4 heteroatoms. The minimum absolute atomic E-state index is 0.0319. The van der Waals surface area contributed by atoms with E-state index in [9.17, 15) is 4.79 Å². The third-order valence-electron chi connectivity index (χ3n) is 4.52. The maximum absolute atomic E-state index is 12.2. The van der Waals surface area contributed by atoms with E-state index in [1.165, 1.54) is 12.8 Å². The second kappa shape index (κ2) is 6.31. The molecule has 2 aromatic rings. The molecule has 1 aromatic carbocycles. The first-order chi connectivity index (χ1) is 10.3. The summed E-state index contributed by atoms with van der Waals surface area (Å²) < 4.78 is 0. The summed E-state index contributed by atoms with van der Waals surface area (Å²) in [5, 5.41) is 4.22. The van der Waals surface area contributed by atoms with E-state index in [0.29, 0.717) is 5.92 Å². The summed E-state index contributed by atoms with van der Waals surface area (Å²) in [4.78, 5) is 17.9. The lowest BCUT2D eigenvalue weighted by Gasteiger charge is -2.31. The normalized spacial score (nSPS) is 17.2. The molecule has 2 heterocycles. The first-order valence-corrected chi connectivity index (χ1v) is 7.84. The number of aromatic nitrogens is 1. The Morgan fingerprint density at radius 1 is 1.33 bits per heavy atom. The fourth-order valence-corrected chi connectivity index (χ4v) is 3.03. The largest absolute Gasteiger partial charge is 0.361 e. The first kappa shape index (κ1) is 14.1. The van der Waals surface area contributed by atoms with Gasteiger partial charge in [-0.05, 0) is 62.0 Å². The number of rotatable bonds is 4. The molecule has 0 bridgehead atoms. The van der Waals surface area contributed by atoms with Crippen molar-refractivity contribution in [2.24, 2.45) is 5.92 Å². The number of hydrogen-bond acceptors (Lipinski definition) is 2. The van der Waals surface area contributed by atoms with Crippen LogP contribution >= 0.6 is 0 Å². The van der Waals surface area contributed by atoms with Gasteiger partial charge in [0.15, 0.2) is 0 Å². The Labute approximate surface area is 125 Å². The van der Waals surface area contributed by atoms with Gasteiger partial charge in [-0.15, -0.1) is 0 Å². The van der Waals surface area contributed by atoms with Crippen LogP contribution < -0.4 is 5.32 Å². The Bertz CT molecular complexity index is 611. The van der Waals surface area contributed by atoms with Crippen molar-refractivity contribution in [3.63, 3.8) is 0 Å². The molecule has 4 nitrogen and oxygen atoms in total. The van der Waals surface area contributed by atoms with E-state index < -0.39 is 0 Å². The molecule has 2 N–H and O–H groups in total. The summed E-state index contributed by atoms with van der Waals surface area (Å²) in [5.41, 5.74) is 1.75. The third-order valence-corrected chi connectivity index (χ3v) is 4.52. The average molecular weight is 285 g/mol. The van der Waals surface area contributed by atoms with Gasteiger partial charge in [0.1, 0.15) is 0 Å². The van der Waals surface area contributed by atoms with E-state index in [2.05, 4.69) is 22.1 Å². The lowest BCUT2D eigenvalue weighted by atomic mass is 9.96. The second-order valence-corrected chi connectivity index (χ2v) is 5.87. The number of nitrogens with one attached hydrogen (secondary N) is 2. The van der Waals surface area contributed by atoms with E-state index in [0.717, 1.165) is 42.6 Å². The quantitative estimate of drug-likeness (QED) is 0.907. The van der Waals surface area contributed by atoms with Crippen LogP contribution in [0.5, 0.6) is 0 Å². The number of fused-ring (bicyclic) bond motifs is 1. The Hall–Kier alpha value is -1.81. The Kier molecular flexibility index (Phi) is 4.25. The number of nitrogens with zero attached hydrogens (tertiary/aromatic N) is 1. The summed E-state index contributed by atoms with van der Waals surface area (Å²) >= 11 is 0. The van der Waals surface area contributed by atoms with Crippen LogP contribution in [-0.2, 0) is 0 Å². The van der Waals surface area contributed by atoms with Gasteiger partial charge in [0.25, 0.3) is 5.91 Å². The van der Waals surface area contributed by atoms with Crippen molar-refractivity contribution >= 4 is 16.8 Å². The molecule has 0 atom stereocenters. The van der Waals surface area contributed by atoms with Crippen molar-refractivity contribution < 1.29 is 4.79 Å². The number of H-pyrrole nitrogens is 1. The molecule has 0 spiro atoms. The molecule has 1 aromatic heterocycles. The van der Waals surface area contributed by atoms with Gasteiger partial charge in [0.2, 0.25) is 0 Å². The summed E-state index contributed by atoms with van der Waals surface area (Å²) in [7, 11) is 0. The minimum atomic E-state index is 0.0319. The van der Waals surface area contributed by atoms with Gasteiger partial charge in [-0.2, -0.15) is 0 Å². The summed E-state index contributed by atoms with van der Waals surface area (Å²) in [5.74, 6) is 0.649. The van der Waals surface area contributed by atoms with Crippen LogP contribution in [0, 0.1) is 5.92 Å². The predicted octanol–water partition coefficient (Wildman–Crippen LogP) is 2.63.